The van der Waals surface area contributed by atoms with Gasteiger partial charge in [0.15, 0.2) is 0 Å². The summed E-state index contributed by atoms with van der Waals surface area (Å²) in [6.07, 6.45) is 1.30. The Bertz CT molecular complexity index is 501. The number of hydrogen-bond acceptors (Lipinski definition) is 3. The Morgan fingerprint density at radius 2 is 2.11 bits per heavy atom. The summed E-state index contributed by atoms with van der Waals surface area (Å²) in [6, 6.07) is 4.63. The van der Waals surface area contributed by atoms with Crippen LogP contribution in [0.25, 0.3) is 0 Å². The summed E-state index contributed by atoms with van der Waals surface area (Å²) >= 11 is 3.19. The van der Waals surface area contributed by atoms with Crippen molar-refractivity contribution in [2.24, 2.45) is 5.73 Å². The van der Waals surface area contributed by atoms with Crippen molar-refractivity contribution in [3.8, 4) is 0 Å². The largest absolute Gasteiger partial charge is 0.478 e. The monoisotopic (exact) mass is 328 g/mol. The van der Waals surface area contributed by atoms with Crippen LogP contribution in [-0.4, -0.2) is 22.5 Å². The van der Waals surface area contributed by atoms with E-state index in [-0.39, 0.29) is 17.2 Å². The van der Waals surface area contributed by atoms with Crippen molar-refractivity contribution < 1.29 is 14.7 Å². The second-order valence-corrected chi connectivity index (χ2v) is 5.53. The first-order chi connectivity index (χ1) is 8.77. The predicted molar refractivity (Wildman–Crippen MR) is 77.2 cm³/mol. The summed E-state index contributed by atoms with van der Waals surface area (Å²) in [5.74, 6) is -1.50. The summed E-state index contributed by atoms with van der Waals surface area (Å²) in [6.45, 7) is 3.56. The van der Waals surface area contributed by atoms with E-state index in [1.807, 2.05) is 6.92 Å². The van der Waals surface area contributed by atoms with Gasteiger partial charge in [0.1, 0.15) is 0 Å². The molecular formula is C13H17BrN2O3. The molecule has 1 amide bonds. The van der Waals surface area contributed by atoms with Gasteiger partial charge >= 0.3 is 5.97 Å². The van der Waals surface area contributed by atoms with Gasteiger partial charge in [-0.1, -0.05) is 29.3 Å². The molecule has 0 spiro atoms. The fourth-order valence-electron chi connectivity index (χ4n) is 1.70. The van der Waals surface area contributed by atoms with Gasteiger partial charge in [0.25, 0.3) is 0 Å². The number of rotatable bonds is 5. The van der Waals surface area contributed by atoms with E-state index in [0.29, 0.717) is 10.9 Å². The van der Waals surface area contributed by atoms with Gasteiger partial charge in [-0.05, 0) is 31.5 Å². The molecule has 1 aromatic rings. The Hall–Kier alpha value is -1.40. The number of carbonyl (C=O) groups is 2. The number of carboxylic acids is 1. The van der Waals surface area contributed by atoms with Crippen LogP contribution in [0.5, 0.6) is 0 Å². The van der Waals surface area contributed by atoms with Gasteiger partial charge in [-0.15, -0.1) is 0 Å². The lowest BCUT2D eigenvalue weighted by atomic mass is 9.96. The van der Waals surface area contributed by atoms with E-state index >= 15 is 0 Å². The van der Waals surface area contributed by atoms with Crippen molar-refractivity contribution in [3.63, 3.8) is 0 Å². The summed E-state index contributed by atoms with van der Waals surface area (Å²) in [7, 11) is 0. The number of nitrogens with one attached hydrogen (secondary N) is 1. The Balaban J connectivity index is 3.00. The second kappa shape index (κ2) is 6.16. The molecule has 0 radical (unpaired) electrons. The van der Waals surface area contributed by atoms with E-state index < -0.39 is 11.5 Å². The molecule has 1 unspecified atom stereocenters. The zero-order chi connectivity index (χ0) is 14.6. The zero-order valence-electron chi connectivity index (χ0n) is 10.9. The van der Waals surface area contributed by atoms with Crippen LogP contribution in [-0.2, 0) is 4.79 Å². The highest BCUT2D eigenvalue weighted by Gasteiger charge is 2.28. The average molecular weight is 329 g/mol. The van der Waals surface area contributed by atoms with Gasteiger partial charge in [-0.2, -0.15) is 0 Å². The van der Waals surface area contributed by atoms with Crippen molar-refractivity contribution >= 4 is 33.5 Å². The van der Waals surface area contributed by atoms with Gasteiger partial charge in [-0.3, -0.25) is 4.79 Å². The number of aromatic carboxylic acids is 1. The molecule has 1 aromatic carbocycles. The lowest BCUT2D eigenvalue weighted by Crippen LogP contribution is -2.48. The summed E-state index contributed by atoms with van der Waals surface area (Å²) in [4.78, 5) is 23.2. The molecule has 0 heterocycles. The third-order valence-corrected chi connectivity index (χ3v) is 3.24. The number of carboxylic acid groups (broad SMARTS) is 1. The molecule has 0 aliphatic rings. The molecule has 0 saturated heterocycles. The molecule has 1 rings (SSSR count). The van der Waals surface area contributed by atoms with E-state index in [9.17, 15) is 9.59 Å². The number of anilines is 1. The highest BCUT2D eigenvalue weighted by molar-refractivity contribution is 9.10. The predicted octanol–water partition coefficient (Wildman–Crippen LogP) is 2.60. The quantitative estimate of drug-likeness (QED) is 0.774. The highest BCUT2D eigenvalue weighted by Crippen LogP contribution is 2.22. The first-order valence-corrected chi connectivity index (χ1v) is 6.70. The minimum atomic E-state index is -1.11. The Morgan fingerprint density at radius 3 is 2.63 bits per heavy atom. The van der Waals surface area contributed by atoms with Crippen molar-refractivity contribution in [3.05, 3.63) is 28.2 Å². The van der Waals surface area contributed by atoms with Crippen LogP contribution in [0.2, 0.25) is 0 Å². The van der Waals surface area contributed by atoms with Crippen LogP contribution in [0.3, 0.4) is 0 Å². The highest BCUT2D eigenvalue weighted by atomic mass is 79.9. The third-order valence-electron chi connectivity index (χ3n) is 2.75. The van der Waals surface area contributed by atoms with Crippen LogP contribution >= 0.6 is 15.9 Å². The van der Waals surface area contributed by atoms with E-state index in [1.165, 1.54) is 12.1 Å². The zero-order valence-corrected chi connectivity index (χ0v) is 12.5. The number of nitrogens with two attached hydrogens (primary N) is 1. The molecule has 6 heteroatoms. The van der Waals surface area contributed by atoms with Crippen LogP contribution < -0.4 is 11.1 Å². The SMILES string of the molecule is CCCC(C)(N)C(=O)Nc1ccc(Br)cc1C(=O)O. The van der Waals surface area contributed by atoms with Crippen molar-refractivity contribution in [1.82, 2.24) is 0 Å². The lowest BCUT2D eigenvalue weighted by Gasteiger charge is -2.23. The molecule has 0 aliphatic carbocycles. The van der Waals surface area contributed by atoms with Gasteiger partial charge < -0.3 is 16.2 Å². The molecule has 0 aromatic heterocycles. The first kappa shape index (κ1) is 15.7. The van der Waals surface area contributed by atoms with Crippen molar-refractivity contribution in [1.29, 1.82) is 0 Å². The van der Waals surface area contributed by atoms with Crippen molar-refractivity contribution in [2.45, 2.75) is 32.2 Å². The fourth-order valence-corrected chi connectivity index (χ4v) is 2.06. The summed E-state index contributed by atoms with van der Waals surface area (Å²) < 4.78 is 0.631. The van der Waals surface area contributed by atoms with Gasteiger partial charge in [0.2, 0.25) is 5.91 Å². The van der Waals surface area contributed by atoms with E-state index in [4.69, 9.17) is 10.8 Å². The molecule has 4 N–H and O–H groups in total. The fraction of sp³-hybridized carbons (Fsp3) is 0.385. The van der Waals surface area contributed by atoms with Crippen LogP contribution in [0.4, 0.5) is 5.69 Å². The maximum Gasteiger partial charge on any atom is 0.337 e. The van der Waals surface area contributed by atoms with Gasteiger partial charge in [0, 0.05) is 4.47 Å². The third kappa shape index (κ3) is 4.04. The molecule has 5 nitrogen and oxygen atoms in total. The number of carbonyl (C=O) groups excluding carboxylic acids is 1. The average Bonchev–Trinajstić information content (AvgIpc) is 2.30. The molecule has 19 heavy (non-hydrogen) atoms. The van der Waals surface area contributed by atoms with E-state index in [0.717, 1.165) is 6.42 Å². The Morgan fingerprint density at radius 1 is 1.47 bits per heavy atom. The van der Waals surface area contributed by atoms with Gasteiger partial charge in [0.05, 0.1) is 16.8 Å². The molecule has 104 valence electrons. The molecule has 0 bridgehead atoms. The van der Waals surface area contributed by atoms with E-state index in [1.54, 1.807) is 13.0 Å². The maximum absolute atomic E-state index is 12.0. The topological polar surface area (TPSA) is 92.4 Å². The molecular weight excluding hydrogens is 312 g/mol. The standard InChI is InChI=1S/C13H17BrN2O3/c1-3-6-13(2,15)12(19)16-10-5-4-8(14)7-9(10)11(17)18/h4-5,7H,3,6,15H2,1-2H3,(H,16,19)(H,17,18). The van der Waals surface area contributed by atoms with Crippen LogP contribution in [0.15, 0.2) is 22.7 Å². The van der Waals surface area contributed by atoms with Crippen molar-refractivity contribution in [2.75, 3.05) is 5.32 Å². The maximum atomic E-state index is 12.0. The smallest absolute Gasteiger partial charge is 0.337 e. The molecule has 0 saturated carbocycles. The second-order valence-electron chi connectivity index (χ2n) is 4.62. The minimum Gasteiger partial charge on any atom is -0.478 e. The van der Waals surface area contributed by atoms with Crippen LogP contribution in [0, 0.1) is 0 Å². The summed E-state index contributed by atoms with van der Waals surface area (Å²) in [5.41, 5.74) is 5.16. The molecule has 0 fully saturated rings. The first-order valence-electron chi connectivity index (χ1n) is 5.91. The molecule has 0 aliphatic heterocycles. The van der Waals surface area contributed by atoms with Gasteiger partial charge in [-0.25, -0.2) is 4.79 Å². The van der Waals surface area contributed by atoms with Crippen LogP contribution in [0.1, 0.15) is 37.0 Å². The Labute approximate surface area is 120 Å². The normalized spacial score (nSPS) is 13.7. The summed E-state index contributed by atoms with van der Waals surface area (Å²) in [5, 5.41) is 11.7. The Kier molecular flexibility index (Phi) is 5.08. The number of hydrogen-bond donors (Lipinski definition) is 3. The lowest BCUT2D eigenvalue weighted by molar-refractivity contribution is -0.120. The number of benzene rings is 1. The van der Waals surface area contributed by atoms with E-state index in [2.05, 4.69) is 21.2 Å². The minimum absolute atomic E-state index is 0.0232. The number of halogens is 1. The molecule has 1 atom stereocenters. The number of amides is 1.